The van der Waals surface area contributed by atoms with Crippen LogP contribution in [0.5, 0.6) is 0 Å². The second-order valence-electron chi connectivity index (χ2n) is 7.81. The average molecular weight is 565 g/mol. The van der Waals surface area contributed by atoms with Crippen LogP contribution in [0.2, 0.25) is 0 Å². The monoisotopic (exact) mass is 564 g/mol. The van der Waals surface area contributed by atoms with Crippen molar-refractivity contribution < 1.29 is 33.3 Å². The lowest BCUT2D eigenvalue weighted by Gasteiger charge is -2.13. The topological polar surface area (TPSA) is 170 Å². The predicted molar refractivity (Wildman–Crippen MR) is 144 cm³/mol. The largest absolute Gasteiger partial charge is 0.478 e. The van der Waals surface area contributed by atoms with Crippen LogP contribution in [0, 0.1) is 20.2 Å². The van der Waals surface area contributed by atoms with Gasteiger partial charge in [-0.05, 0) is 58.7 Å². The standard InChI is InChI=1S/C26H16N2O9S2/c29-25(30)23-19(15-7-11-17(12-8-15)27(33)34)3-1-5-21(23)38-37-39-22-6-2-4-20(24(22)26(31)32)16-9-13-18(14-10-16)28(35)36/h1-14H,(H,29,30)(H,31,32). The highest BCUT2D eigenvalue weighted by Crippen LogP contribution is 2.39. The van der Waals surface area contributed by atoms with Crippen LogP contribution < -0.4 is 0 Å². The fraction of sp³-hybridized carbons (Fsp3) is 0. The van der Waals surface area contributed by atoms with E-state index in [1.54, 1.807) is 24.3 Å². The van der Waals surface area contributed by atoms with Gasteiger partial charge >= 0.3 is 11.9 Å². The zero-order valence-corrected chi connectivity index (χ0v) is 21.2. The zero-order valence-electron chi connectivity index (χ0n) is 19.5. The summed E-state index contributed by atoms with van der Waals surface area (Å²) in [7, 11) is 0. The minimum absolute atomic E-state index is 0.0879. The van der Waals surface area contributed by atoms with E-state index in [1.165, 1.54) is 60.7 Å². The van der Waals surface area contributed by atoms with E-state index >= 15 is 0 Å². The molecule has 39 heavy (non-hydrogen) atoms. The van der Waals surface area contributed by atoms with Gasteiger partial charge < -0.3 is 10.2 Å². The van der Waals surface area contributed by atoms with E-state index in [9.17, 15) is 40.0 Å². The third kappa shape index (κ3) is 6.06. The van der Waals surface area contributed by atoms with Crippen LogP contribution in [0.3, 0.4) is 0 Å². The summed E-state index contributed by atoms with van der Waals surface area (Å²) in [5.74, 6) is -2.49. The molecule has 2 N–H and O–H groups in total. The molecule has 4 aromatic rings. The molecule has 0 bridgehead atoms. The Balaban J connectivity index is 1.60. The molecule has 0 atom stereocenters. The Morgan fingerprint density at radius 2 is 0.974 bits per heavy atom. The lowest BCUT2D eigenvalue weighted by atomic mass is 9.99. The van der Waals surface area contributed by atoms with Crippen molar-refractivity contribution >= 4 is 47.4 Å². The molecule has 11 nitrogen and oxygen atoms in total. The van der Waals surface area contributed by atoms with Crippen LogP contribution in [-0.2, 0) is 3.63 Å². The van der Waals surface area contributed by atoms with E-state index in [2.05, 4.69) is 0 Å². The lowest BCUT2D eigenvalue weighted by molar-refractivity contribution is -0.385. The van der Waals surface area contributed by atoms with Crippen molar-refractivity contribution in [1.82, 2.24) is 0 Å². The first-order chi connectivity index (χ1) is 18.7. The number of hydrogen-bond acceptors (Lipinski definition) is 9. The van der Waals surface area contributed by atoms with Crippen LogP contribution in [-0.4, -0.2) is 32.0 Å². The van der Waals surface area contributed by atoms with Gasteiger partial charge in [-0.25, -0.2) is 13.2 Å². The van der Waals surface area contributed by atoms with E-state index in [-0.39, 0.29) is 32.3 Å². The van der Waals surface area contributed by atoms with Gasteiger partial charge in [-0.1, -0.05) is 24.3 Å². The Kier molecular flexibility index (Phi) is 8.24. The Morgan fingerprint density at radius 1 is 0.615 bits per heavy atom. The summed E-state index contributed by atoms with van der Waals surface area (Å²) in [6.45, 7) is 0. The highest BCUT2D eigenvalue weighted by molar-refractivity contribution is 8.08. The van der Waals surface area contributed by atoms with Crippen LogP contribution >= 0.6 is 24.1 Å². The molecule has 0 radical (unpaired) electrons. The number of carboxylic acids is 2. The molecule has 0 amide bonds. The van der Waals surface area contributed by atoms with E-state index < -0.39 is 21.8 Å². The number of benzene rings is 4. The number of hydrogen-bond donors (Lipinski definition) is 2. The number of carboxylic acid groups (broad SMARTS) is 2. The van der Waals surface area contributed by atoms with E-state index in [1.807, 2.05) is 0 Å². The van der Waals surface area contributed by atoms with Gasteiger partial charge in [-0.2, -0.15) is 0 Å². The number of carbonyl (C=O) groups is 2. The Labute approximate surface area is 228 Å². The van der Waals surface area contributed by atoms with Crippen molar-refractivity contribution in [3.05, 3.63) is 116 Å². The molecule has 0 spiro atoms. The second kappa shape index (κ2) is 11.8. The number of nitro groups is 2. The summed E-state index contributed by atoms with van der Waals surface area (Å²) in [6, 6.07) is 20.3. The zero-order chi connectivity index (χ0) is 28.1. The van der Waals surface area contributed by atoms with Gasteiger partial charge in [0.15, 0.2) is 0 Å². The van der Waals surface area contributed by atoms with Crippen LogP contribution in [0.1, 0.15) is 20.7 Å². The van der Waals surface area contributed by atoms with E-state index in [4.69, 9.17) is 3.63 Å². The molecule has 0 unspecified atom stereocenters. The van der Waals surface area contributed by atoms with Crippen molar-refractivity contribution in [2.45, 2.75) is 9.79 Å². The van der Waals surface area contributed by atoms with Gasteiger partial charge in [-0.3, -0.25) is 20.2 Å². The van der Waals surface area contributed by atoms with Crippen molar-refractivity contribution in [2.75, 3.05) is 0 Å². The van der Waals surface area contributed by atoms with Gasteiger partial charge in [0.1, 0.15) is 0 Å². The quantitative estimate of drug-likeness (QED) is 0.116. The lowest BCUT2D eigenvalue weighted by Crippen LogP contribution is -2.03. The fourth-order valence-electron chi connectivity index (χ4n) is 3.74. The number of aromatic carboxylic acids is 2. The summed E-state index contributed by atoms with van der Waals surface area (Å²) in [5.41, 5.74) is 1.11. The van der Waals surface area contributed by atoms with Crippen molar-refractivity contribution in [3.8, 4) is 22.3 Å². The van der Waals surface area contributed by atoms with Crippen LogP contribution in [0.4, 0.5) is 11.4 Å². The highest BCUT2D eigenvalue weighted by atomic mass is 32.2. The summed E-state index contributed by atoms with van der Waals surface area (Å²) in [4.78, 5) is 45.5. The van der Waals surface area contributed by atoms with Crippen LogP contribution in [0.25, 0.3) is 22.3 Å². The molecule has 4 aromatic carbocycles. The molecule has 0 aliphatic carbocycles. The molecule has 0 heterocycles. The van der Waals surface area contributed by atoms with E-state index in [0.717, 1.165) is 24.1 Å². The third-order valence-corrected chi connectivity index (χ3v) is 7.09. The number of non-ortho nitro benzene ring substituents is 2. The normalized spacial score (nSPS) is 10.7. The maximum atomic E-state index is 12.1. The Hall–Kier alpha value is -4.72. The first-order valence-electron chi connectivity index (χ1n) is 10.9. The molecule has 196 valence electrons. The Morgan fingerprint density at radius 3 is 1.28 bits per heavy atom. The van der Waals surface area contributed by atoms with Crippen LogP contribution in [0.15, 0.2) is 94.7 Å². The summed E-state index contributed by atoms with van der Waals surface area (Å²) >= 11 is 1.44. The smallest absolute Gasteiger partial charge is 0.337 e. The van der Waals surface area contributed by atoms with Gasteiger partial charge in [0.2, 0.25) is 0 Å². The minimum atomic E-state index is -1.24. The molecule has 0 aliphatic heterocycles. The second-order valence-corrected chi connectivity index (χ2v) is 9.57. The van der Waals surface area contributed by atoms with Gasteiger partial charge in [0.25, 0.3) is 11.4 Å². The molecule has 0 fully saturated rings. The predicted octanol–water partition coefficient (Wildman–Crippen LogP) is 6.96. The first-order valence-corrected chi connectivity index (χ1v) is 12.4. The maximum absolute atomic E-state index is 12.1. The molecule has 13 heteroatoms. The summed E-state index contributed by atoms with van der Waals surface area (Å²) < 4.78 is 5.60. The fourth-order valence-corrected chi connectivity index (χ4v) is 5.29. The minimum Gasteiger partial charge on any atom is -0.478 e. The number of rotatable bonds is 10. The molecule has 4 rings (SSSR count). The summed E-state index contributed by atoms with van der Waals surface area (Å²) in [6.07, 6.45) is 0. The SMILES string of the molecule is O=C(O)c1c(SOSc2cccc(-c3ccc([N+](=O)[O-])cc3)c2C(=O)O)cccc1-c1ccc([N+](=O)[O-])cc1. The van der Waals surface area contributed by atoms with Crippen molar-refractivity contribution in [1.29, 1.82) is 0 Å². The Bertz CT molecular complexity index is 1470. The first kappa shape index (κ1) is 27.3. The van der Waals surface area contributed by atoms with Gasteiger partial charge in [0, 0.05) is 48.4 Å². The van der Waals surface area contributed by atoms with E-state index in [0.29, 0.717) is 22.3 Å². The van der Waals surface area contributed by atoms with Gasteiger partial charge in [0.05, 0.1) is 30.8 Å². The number of nitro benzene ring substituents is 2. The molecule has 0 aromatic heterocycles. The highest BCUT2D eigenvalue weighted by Gasteiger charge is 2.21. The average Bonchev–Trinajstić information content (AvgIpc) is 2.92. The molecule has 0 aliphatic rings. The molecular formula is C26H16N2O9S2. The van der Waals surface area contributed by atoms with Gasteiger partial charge in [-0.15, -0.1) is 0 Å². The molecular weight excluding hydrogens is 548 g/mol. The summed E-state index contributed by atoms with van der Waals surface area (Å²) in [5, 5.41) is 41.7. The van der Waals surface area contributed by atoms with Crippen molar-refractivity contribution in [2.24, 2.45) is 0 Å². The molecule has 0 saturated heterocycles. The molecule has 0 saturated carbocycles. The van der Waals surface area contributed by atoms with Crippen molar-refractivity contribution in [3.63, 3.8) is 0 Å². The maximum Gasteiger partial charge on any atom is 0.337 e. The number of nitrogens with zero attached hydrogens (tertiary/aromatic N) is 2. The third-order valence-electron chi connectivity index (χ3n) is 5.51.